The number of carbonyl (C=O) groups excluding carboxylic acids is 1. The number of benzene rings is 2. The number of nitrogens with one attached hydrogen (secondary N) is 1. The number of likely N-dealkylation sites (N-methyl/N-ethyl adjacent to an activating group) is 1. The fourth-order valence-electron chi connectivity index (χ4n) is 3.31. The minimum atomic E-state index is -0.288. The Hall–Kier alpha value is -2.99. The summed E-state index contributed by atoms with van der Waals surface area (Å²) in [6.07, 6.45) is 0.995. The second-order valence-electron chi connectivity index (χ2n) is 7.11. The van der Waals surface area contributed by atoms with Crippen molar-refractivity contribution in [3.05, 3.63) is 75.7 Å². The van der Waals surface area contributed by atoms with Crippen LogP contribution in [0.1, 0.15) is 34.6 Å². The van der Waals surface area contributed by atoms with E-state index in [1.54, 1.807) is 31.3 Å². The first-order valence-electron chi connectivity index (χ1n) is 9.42. The molecule has 3 aromatic rings. The van der Waals surface area contributed by atoms with E-state index >= 15 is 0 Å². The summed E-state index contributed by atoms with van der Waals surface area (Å²) in [5, 5.41) is 8.24. The summed E-state index contributed by atoms with van der Waals surface area (Å²) in [5.41, 5.74) is 2.47. The third-order valence-electron chi connectivity index (χ3n) is 5.02. The Labute approximate surface area is 164 Å². The molecule has 0 aliphatic heterocycles. The number of fused-ring (bicyclic) bond motifs is 1. The normalized spacial score (nSPS) is 12.3. The maximum absolute atomic E-state index is 12.9. The average molecular weight is 378 g/mol. The van der Waals surface area contributed by atoms with Crippen molar-refractivity contribution in [1.82, 2.24) is 20.0 Å². The molecule has 0 fully saturated rings. The van der Waals surface area contributed by atoms with Crippen molar-refractivity contribution in [2.45, 2.75) is 19.4 Å². The molecule has 1 N–H and O–H groups in total. The molecule has 0 spiro atoms. The zero-order chi connectivity index (χ0) is 20.3. The van der Waals surface area contributed by atoms with Crippen LogP contribution in [0.5, 0.6) is 0 Å². The summed E-state index contributed by atoms with van der Waals surface area (Å²) in [7, 11) is 5.54. The fourth-order valence-corrected chi connectivity index (χ4v) is 3.31. The first-order valence-corrected chi connectivity index (χ1v) is 9.42. The molecule has 28 heavy (non-hydrogen) atoms. The molecule has 1 aromatic heterocycles. The molecule has 3 rings (SSSR count). The van der Waals surface area contributed by atoms with Crippen LogP contribution in [0.2, 0.25) is 0 Å². The van der Waals surface area contributed by atoms with E-state index < -0.39 is 0 Å². The Balaban J connectivity index is 1.85. The summed E-state index contributed by atoms with van der Waals surface area (Å²) in [6, 6.07) is 15.6. The molecule has 0 saturated carbocycles. The predicted molar refractivity (Wildman–Crippen MR) is 112 cm³/mol. The molecule has 0 saturated heterocycles. The number of aryl methyl sites for hydroxylation is 2. The van der Waals surface area contributed by atoms with Gasteiger partial charge in [0.05, 0.1) is 11.4 Å². The number of amides is 1. The highest BCUT2D eigenvalue weighted by Crippen LogP contribution is 2.19. The predicted octanol–water partition coefficient (Wildman–Crippen LogP) is 2.53. The summed E-state index contributed by atoms with van der Waals surface area (Å²) in [6.45, 7) is 2.57. The van der Waals surface area contributed by atoms with Gasteiger partial charge >= 0.3 is 0 Å². The van der Waals surface area contributed by atoms with Crippen molar-refractivity contribution >= 4 is 16.7 Å². The van der Waals surface area contributed by atoms with Crippen LogP contribution in [0, 0.1) is 0 Å². The van der Waals surface area contributed by atoms with E-state index in [0.29, 0.717) is 17.3 Å². The molecular formula is C22H26N4O2. The van der Waals surface area contributed by atoms with Crippen LogP contribution in [0.15, 0.2) is 53.3 Å². The molecule has 0 radical (unpaired) electrons. The molecule has 0 aliphatic carbocycles. The van der Waals surface area contributed by atoms with Crippen molar-refractivity contribution in [2.24, 2.45) is 7.05 Å². The van der Waals surface area contributed by atoms with Gasteiger partial charge in [-0.05, 0) is 37.7 Å². The van der Waals surface area contributed by atoms with E-state index in [-0.39, 0.29) is 23.2 Å². The lowest BCUT2D eigenvalue weighted by Crippen LogP contribution is -2.36. The van der Waals surface area contributed by atoms with E-state index in [1.807, 2.05) is 14.1 Å². The van der Waals surface area contributed by atoms with Crippen molar-refractivity contribution in [2.75, 3.05) is 20.6 Å². The van der Waals surface area contributed by atoms with Crippen LogP contribution in [0.25, 0.3) is 10.8 Å². The van der Waals surface area contributed by atoms with Crippen LogP contribution in [-0.2, 0) is 13.5 Å². The highest BCUT2D eigenvalue weighted by molar-refractivity contribution is 6.04. The minimum Gasteiger partial charge on any atom is -0.349 e. The van der Waals surface area contributed by atoms with Crippen LogP contribution in [0.4, 0.5) is 0 Å². The van der Waals surface area contributed by atoms with E-state index in [2.05, 4.69) is 46.5 Å². The van der Waals surface area contributed by atoms with Gasteiger partial charge in [-0.1, -0.05) is 49.4 Å². The number of hydrogen-bond donors (Lipinski definition) is 1. The Morgan fingerprint density at radius 1 is 1.11 bits per heavy atom. The van der Waals surface area contributed by atoms with Gasteiger partial charge in [0.25, 0.3) is 11.5 Å². The van der Waals surface area contributed by atoms with E-state index in [9.17, 15) is 9.59 Å². The quantitative estimate of drug-likeness (QED) is 0.716. The van der Waals surface area contributed by atoms with Gasteiger partial charge in [-0.25, -0.2) is 4.68 Å². The molecule has 6 heteroatoms. The van der Waals surface area contributed by atoms with Gasteiger partial charge in [-0.15, -0.1) is 0 Å². The van der Waals surface area contributed by atoms with Crippen LogP contribution in [0.3, 0.4) is 0 Å². The molecule has 146 valence electrons. The molecule has 1 atom stereocenters. The zero-order valence-corrected chi connectivity index (χ0v) is 16.8. The van der Waals surface area contributed by atoms with Crippen molar-refractivity contribution in [3.8, 4) is 0 Å². The summed E-state index contributed by atoms with van der Waals surface area (Å²) < 4.78 is 1.21. The van der Waals surface area contributed by atoms with Crippen molar-refractivity contribution in [3.63, 3.8) is 0 Å². The van der Waals surface area contributed by atoms with Crippen LogP contribution in [-0.4, -0.2) is 41.2 Å². The van der Waals surface area contributed by atoms with Crippen LogP contribution >= 0.6 is 0 Å². The van der Waals surface area contributed by atoms with Gasteiger partial charge in [0.2, 0.25) is 0 Å². The molecule has 0 unspecified atom stereocenters. The Bertz CT molecular complexity index is 1040. The van der Waals surface area contributed by atoms with E-state index in [1.165, 1.54) is 10.2 Å². The lowest BCUT2D eigenvalue weighted by molar-refractivity contribution is 0.0936. The van der Waals surface area contributed by atoms with Crippen molar-refractivity contribution < 1.29 is 4.79 Å². The molecule has 1 amide bonds. The Kier molecular flexibility index (Phi) is 5.90. The first-order chi connectivity index (χ1) is 13.4. The van der Waals surface area contributed by atoms with Gasteiger partial charge in [-0.2, -0.15) is 5.10 Å². The number of rotatable bonds is 6. The maximum atomic E-state index is 12.9. The molecule has 6 nitrogen and oxygen atoms in total. The molecular weight excluding hydrogens is 352 g/mol. The lowest BCUT2D eigenvalue weighted by Gasteiger charge is -2.25. The largest absolute Gasteiger partial charge is 0.349 e. The average Bonchev–Trinajstić information content (AvgIpc) is 2.71. The van der Waals surface area contributed by atoms with Gasteiger partial charge in [-0.3, -0.25) is 9.59 Å². The minimum absolute atomic E-state index is 0.0358. The third-order valence-corrected chi connectivity index (χ3v) is 5.02. The number of hydrogen-bond acceptors (Lipinski definition) is 4. The monoisotopic (exact) mass is 378 g/mol. The number of aromatic nitrogens is 2. The number of nitrogens with zero attached hydrogens (tertiary/aromatic N) is 3. The summed E-state index contributed by atoms with van der Waals surface area (Å²) in [4.78, 5) is 27.2. The summed E-state index contributed by atoms with van der Waals surface area (Å²) >= 11 is 0. The van der Waals surface area contributed by atoms with Gasteiger partial charge < -0.3 is 10.2 Å². The molecule has 2 aromatic carbocycles. The zero-order valence-electron chi connectivity index (χ0n) is 16.8. The molecule has 1 heterocycles. The standard InChI is InChI=1S/C22H26N4O2/c1-5-15-10-12-16(13-11-15)19(25(2)3)14-23-21(27)20-17-8-6-7-9-18(17)22(28)26(4)24-20/h6-13,19H,5,14H2,1-4H3,(H,23,27)/t19-/m1/s1. The van der Waals surface area contributed by atoms with E-state index in [0.717, 1.165) is 12.0 Å². The highest BCUT2D eigenvalue weighted by Gasteiger charge is 2.19. The van der Waals surface area contributed by atoms with Gasteiger partial charge in [0.1, 0.15) is 0 Å². The SMILES string of the molecule is CCc1ccc([C@@H](CNC(=O)c2nn(C)c(=O)c3ccccc23)N(C)C)cc1. The van der Waals surface area contributed by atoms with Gasteiger partial charge in [0.15, 0.2) is 5.69 Å². The number of carbonyl (C=O) groups is 1. The molecule has 0 aliphatic rings. The molecule has 0 bridgehead atoms. The third kappa shape index (κ3) is 3.97. The van der Waals surface area contributed by atoms with Gasteiger partial charge in [0, 0.05) is 19.0 Å². The smallest absolute Gasteiger partial charge is 0.274 e. The van der Waals surface area contributed by atoms with E-state index in [4.69, 9.17) is 0 Å². The van der Waals surface area contributed by atoms with Crippen molar-refractivity contribution in [1.29, 1.82) is 0 Å². The summed E-state index contributed by atoms with van der Waals surface area (Å²) in [5.74, 6) is -0.288. The Morgan fingerprint density at radius 3 is 2.36 bits per heavy atom. The first kappa shape index (κ1) is 19.8. The maximum Gasteiger partial charge on any atom is 0.274 e. The fraction of sp³-hybridized carbons (Fsp3) is 0.318. The Morgan fingerprint density at radius 2 is 1.75 bits per heavy atom. The second-order valence-corrected chi connectivity index (χ2v) is 7.11. The topological polar surface area (TPSA) is 67.2 Å². The second kappa shape index (κ2) is 8.35. The lowest BCUT2D eigenvalue weighted by atomic mass is 10.0. The highest BCUT2D eigenvalue weighted by atomic mass is 16.2. The van der Waals surface area contributed by atoms with Crippen LogP contribution < -0.4 is 10.9 Å².